The Morgan fingerprint density at radius 3 is 2.75 bits per heavy atom. The molecule has 1 aromatic heterocycles. The second kappa shape index (κ2) is 2.26. The second-order valence-electron chi connectivity index (χ2n) is 3.39. The summed E-state index contributed by atoms with van der Waals surface area (Å²) in [6.07, 6.45) is 1.87. The number of aromatic nitrogens is 1. The maximum absolute atomic E-state index is 12.4. The maximum Gasteiger partial charge on any atom is 0.141 e. The van der Waals surface area contributed by atoms with Crippen LogP contribution in [0.1, 0.15) is 19.0 Å². The molecule has 1 aliphatic rings. The molecule has 0 spiro atoms. The number of aliphatic hydroxyl groups is 1. The highest BCUT2D eigenvalue weighted by atomic mass is 19.1. The first-order valence-electron chi connectivity index (χ1n) is 3.97. The van der Waals surface area contributed by atoms with E-state index in [1.807, 2.05) is 6.92 Å². The van der Waals surface area contributed by atoms with Gasteiger partial charge in [-0.15, -0.1) is 0 Å². The Labute approximate surface area is 70.1 Å². The molecular weight excluding hydrogens is 157 g/mol. The van der Waals surface area contributed by atoms with Crippen molar-refractivity contribution in [1.29, 1.82) is 0 Å². The van der Waals surface area contributed by atoms with E-state index in [1.165, 1.54) is 6.07 Å². The van der Waals surface area contributed by atoms with Crippen LogP contribution in [0.5, 0.6) is 0 Å². The number of halogens is 1. The zero-order chi connectivity index (χ0) is 8.77. The van der Waals surface area contributed by atoms with Gasteiger partial charge in [-0.2, -0.15) is 0 Å². The van der Waals surface area contributed by atoms with Crippen LogP contribution in [-0.2, 0) is 5.60 Å². The molecule has 0 bridgehead atoms. The van der Waals surface area contributed by atoms with Crippen molar-refractivity contribution in [2.24, 2.45) is 5.92 Å². The van der Waals surface area contributed by atoms with Crippen LogP contribution in [0.3, 0.4) is 0 Å². The predicted octanol–water partition coefficient (Wildman–Crippen LogP) is 1.45. The largest absolute Gasteiger partial charge is 0.383 e. The Morgan fingerprint density at radius 1 is 1.67 bits per heavy atom. The molecule has 12 heavy (non-hydrogen) atoms. The van der Waals surface area contributed by atoms with Gasteiger partial charge in [0.05, 0.1) is 11.9 Å². The number of nitrogens with zero attached hydrogens (tertiary/aromatic N) is 1. The Balaban J connectivity index is 2.31. The Kier molecular flexibility index (Phi) is 1.45. The summed E-state index contributed by atoms with van der Waals surface area (Å²) in [5, 5.41) is 9.77. The number of rotatable bonds is 1. The van der Waals surface area contributed by atoms with E-state index in [1.54, 1.807) is 6.07 Å². The molecule has 2 nitrogen and oxygen atoms in total. The van der Waals surface area contributed by atoms with E-state index >= 15 is 0 Å². The highest BCUT2D eigenvalue weighted by Crippen LogP contribution is 2.50. The molecule has 0 aliphatic heterocycles. The molecule has 2 rings (SSSR count). The lowest BCUT2D eigenvalue weighted by Crippen LogP contribution is -2.09. The number of pyridine rings is 1. The Bertz CT molecular complexity index is 298. The summed E-state index contributed by atoms with van der Waals surface area (Å²) < 4.78 is 12.4. The lowest BCUT2D eigenvalue weighted by Gasteiger charge is -2.06. The first-order chi connectivity index (χ1) is 5.63. The third-order valence-electron chi connectivity index (χ3n) is 2.44. The van der Waals surface area contributed by atoms with E-state index in [4.69, 9.17) is 0 Å². The van der Waals surface area contributed by atoms with Crippen molar-refractivity contribution in [2.45, 2.75) is 18.9 Å². The van der Waals surface area contributed by atoms with Gasteiger partial charge in [-0.05, 0) is 24.5 Å². The fourth-order valence-corrected chi connectivity index (χ4v) is 1.40. The van der Waals surface area contributed by atoms with E-state index in [9.17, 15) is 9.50 Å². The first kappa shape index (κ1) is 7.68. The minimum Gasteiger partial charge on any atom is -0.383 e. The van der Waals surface area contributed by atoms with Gasteiger partial charge in [0.15, 0.2) is 0 Å². The van der Waals surface area contributed by atoms with Crippen LogP contribution in [-0.4, -0.2) is 10.1 Å². The van der Waals surface area contributed by atoms with Crippen LogP contribution in [0.15, 0.2) is 18.3 Å². The van der Waals surface area contributed by atoms with E-state index in [0.29, 0.717) is 5.69 Å². The van der Waals surface area contributed by atoms with Crippen molar-refractivity contribution in [3.05, 3.63) is 29.8 Å². The summed E-state index contributed by atoms with van der Waals surface area (Å²) in [6, 6.07) is 2.87. The number of hydrogen-bond acceptors (Lipinski definition) is 2. The van der Waals surface area contributed by atoms with Crippen molar-refractivity contribution < 1.29 is 9.50 Å². The first-order valence-corrected chi connectivity index (χ1v) is 3.97. The van der Waals surface area contributed by atoms with Crippen molar-refractivity contribution in [3.8, 4) is 0 Å². The van der Waals surface area contributed by atoms with Gasteiger partial charge < -0.3 is 5.11 Å². The summed E-state index contributed by atoms with van der Waals surface area (Å²) >= 11 is 0. The molecule has 1 N–H and O–H groups in total. The van der Waals surface area contributed by atoms with Crippen LogP contribution in [0.4, 0.5) is 4.39 Å². The van der Waals surface area contributed by atoms with Crippen LogP contribution < -0.4 is 0 Å². The molecule has 2 unspecified atom stereocenters. The minimum absolute atomic E-state index is 0.246. The van der Waals surface area contributed by atoms with Crippen molar-refractivity contribution in [1.82, 2.24) is 4.98 Å². The Hall–Kier alpha value is -0.960. The second-order valence-corrected chi connectivity index (χ2v) is 3.39. The molecule has 2 atom stereocenters. The topological polar surface area (TPSA) is 33.1 Å². The summed E-state index contributed by atoms with van der Waals surface area (Å²) in [4.78, 5) is 3.84. The van der Waals surface area contributed by atoms with E-state index < -0.39 is 5.60 Å². The molecule has 1 heterocycles. The smallest absolute Gasteiger partial charge is 0.141 e. The summed E-state index contributed by atoms with van der Waals surface area (Å²) in [5.41, 5.74) is -0.204. The monoisotopic (exact) mass is 167 g/mol. The Morgan fingerprint density at radius 2 is 2.33 bits per heavy atom. The zero-order valence-corrected chi connectivity index (χ0v) is 6.79. The van der Waals surface area contributed by atoms with Gasteiger partial charge in [-0.25, -0.2) is 4.39 Å². The fourth-order valence-electron chi connectivity index (χ4n) is 1.40. The fraction of sp³-hybridized carbons (Fsp3) is 0.444. The average Bonchev–Trinajstić information content (AvgIpc) is 2.62. The molecule has 1 aromatic rings. The lowest BCUT2D eigenvalue weighted by molar-refractivity contribution is 0.129. The summed E-state index contributed by atoms with van der Waals surface area (Å²) in [6.45, 7) is 1.95. The third-order valence-corrected chi connectivity index (χ3v) is 2.44. The maximum atomic E-state index is 12.4. The van der Waals surface area contributed by atoms with Gasteiger partial charge in [-0.1, -0.05) is 6.92 Å². The van der Waals surface area contributed by atoms with E-state index in [-0.39, 0.29) is 11.7 Å². The molecule has 0 amide bonds. The van der Waals surface area contributed by atoms with Crippen LogP contribution >= 0.6 is 0 Å². The molecule has 0 radical (unpaired) electrons. The van der Waals surface area contributed by atoms with E-state index in [2.05, 4.69) is 4.98 Å². The van der Waals surface area contributed by atoms with E-state index in [0.717, 1.165) is 12.6 Å². The highest BCUT2D eigenvalue weighted by Gasteiger charge is 2.52. The summed E-state index contributed by atoms with van der Waals surface area (Å²) in [5.74, 6) is -0.119. The van der Waals surface area contributed by atoms with Crippen LogP contribution in [0.2, 0.25) is 0 Å². The highest BCUT2D eigenvalue weighted by molar-refractivity contribution is 5.22. The van der Waals surface area contributed by atoms with Gasteiger partial charge in [0.2, 0.25) is 0 Å². The molecular formula is C9H10FNO. The average molecular weight is 167 g/mol. The van der Waals surface area contributed by atoms with Crippen molar-refractivity contribution in [3.63, 3.8) is 0 Å². The lowest BCUT2D eigenvalue weighted by atomic mass is 10.2. The van der Waals surface area contributed by atoms with Gasteiger partial charge >= 0.3 is 0 Å². The minimum atomic E-state index is -0.784. The van der Waals surface area contributed by atoms with Gasteiger partial charge in [0.25, 0.3) is 0 Å². The third kappa shape index (κ3) is 1.01. The molecule has 1 aliphatic carbocycles. The summed E-state index contributed by atoms with van der Waals surface area (Å²) in [7, 11) is 0. The normalized spacial score (nSPS) is 33.4. The molecule has 1 fully saturated rings. The quantitative estimate of drug-likeness (QED) is 0.686. The molecule has 64 valence electrons. The molecule has 0 aromatic carbocycles. The molecule has 1 saturated carbocycles. The predicted molar refractivity (Wildman–Crippen MR) is 41.9 cm³/mol. The zero-order valence-electron chi connectivity index (χ0n) is 6.79. The van der Waals surface area contributed by atoms with Crippen LogP contribution in [0.25, 0.3) is 0 Å². The molecule has 0 saturated heterocycles. The van der Waals surface area contributed by atoms with Crippen molar-refractivity contribution >= 4 is 0 Å². The van der Waals surface area contributed by atoms with Gasteiger partial charge in [0, 0.05) is 0 Å². The van der Waals surface area contributed by atoms with Gasteiger partial charge in [0.1, 0.15) is 11.4 Å². The number of hydrogen-bond donors (Lipinski definition) is 1. The molecule has 3 heteroatoms. The van der Waals surface area contributed by atoms with Gasteiger partial charge in [-0.3, -0.25) is 4.98 Å². The SMILES string of the molecule is CC1CC1(O)c1ccc(F)cn1. The standard InChI is InChI=1S/C9H10FNO/c1-6-4-9(6,12)8-3-2-7(10)5-11-8/h2-3,5-6,12H,4H2,1H3. The van der Waals surface area contributed by atoms with Crippen molar-refractivity contribution in [2.75, 3.05) is 0 Å². The van der Waals surface area contributed by atoms with Crippen LogP contribution in [0, 0.1) is 11.7 Å².